The van der Waals surface area contributed by atoms with Crippen LogP contribution in [0.1, 0.15) is 16.5 Å². The van der Waals surface area contributed by atoms with Crippen LogP contribution in [0.25, 0.3) is 0 Å². The van der Waals surface area contributed by atoms with Crippen LogP contribution in [-0.2, 0) is 0 Å². The van der Waals surface area contributed by atoms with Crippen molar-refractivity contribution in [2.24, 2.45) is 0 Å². The number of rotatable bonds is 3. The average molecular weight is 505 g/mol. The second-order valence-corrected chi connectivity index (χ2v) is 7.77. The lowest BCUT2D eigenvalue weighted by Crippen LogP contribution is -2.45. The zero-order valence-electron chi connectivity index (χ0n) is 12.2. The molecule has 3 rings (SSSR count). The van der Waals surface area contributed by atoms with E-state index >= 15 is 0 Å². The van der Waals surface area contributed by atoms with E-state index in [0.29, 0.717) is 5.75 Å². The predicted octanol–water partition coefficient (Wildman–Crippen LogP) is 4.82. The third-order valence-corrected chi connectivity index (χ3v) is 5.71. The molecule has 0 aliphatic carbocycles. The highest BCUT2D eigenvalue weighted by atomic mass is 79.9. The smallest absolute Gasteiger partial charge is 0.122 e. The quantitative estimate of drug-likeness (QED) is 0.629. The van der Waals surface area contributed by atoms with Gasteiger partial charge in [-0.3, -0.25) is 4.90 Å². The highest BCUT2D eigenvalue weighted by Crippen LogP contribution is 2.42. The van der Waals surface area contributed by atoms with Crippen LogP contribution in [0.5, 0.6) is 5.75 Å². The van der Waals surface area contributed by atoms with E-state index in [-0.39, 0.29) is 30.9 Å². The predicted molar refractivity (Wildman–Crippen MR) is 109 cm³/mol. The number of hydrogen-bond acceptors (Lipinski definition) is 4. The summed E-state index contributed by atoms with van der Waals surface area (Å²) in [5.41, 5.74) is 0.947. The van der Waals surface area contributed by atoms with Crippen molar-refractivity contribution in [2.75, 3.05) is 26.2 Å². The van der Waals surface area contributed by atoms with E-state index in [1.165, 1.54) is 4.88 Å². The topological polar surface area (TPSA) is 35.5 Å². The van der Waals surface area contributed by atoms with Crippen LogP contribution in [0, 0.1) is 0 Å². The molecule has 128 valence electrons. The fourth-order valence-corrected chi connectivity index (χ4v) is 5.02. The Hall–Kier alpha value is 0.180. The maximum absolute atomic E-state index is 10.5. The minimum atomic E-state index is 0. The summed E-state index contributed by atoms with van der Waals surface area (Å²) >= 11 is 8.79. The van der Waals surface area contributed by atoms with Crippen molar-refractivity contribution in [2.45, 2.75) is 6.04 Å². The maximum atomic E-state index is 10.5. The molecule has 1 aromatic carbocycles. The van der Waals surface area contributed by atoms with Crippen molar-refractivity contribution in [3.63, 3.8) is 0 Å². The maximum Gasteiger partial charge on any atom is 0.122 e. The second kappa shape index (κ2) is 9.61. The Morgan fingerprint density at radius 2 is 1.87 bits per heavy atom. The van der Waals surface area contributed by atoms with Gasteiger partial charge in [-0.15, -0.1) is 36.2 Å². The van der Waals surface area contributed by atoms with Gasteiger partial charge >= 0.3 is 0 Å². The van der Waals surface area contributed by atoms with E-state index in [0.717, 1.165) is 40.7 Å². The largest absolute Gasteiger partial charge is 0.508 e. The number of thiophene rings is 1. The van der Waals surface area contributed by atoms with Crippen molar-refractivity contribution < 1.29 is 5.11 Å². The monoisotopic (exact) mass is 502 g/mol. The summed E-state index contributed by atoms with van der Waals surface area (Å²) in [6.07, 6.45) is 0. The molecular formula is C15H18Br2Cl2N2OS. The highest BCUT2D eigenvalue weighted by Gasteiger charge is 2.28. The standard InChI is InChI=1S/C15H16Br2N2OS.2ClH/c16-10-8-11(17)14(12(20)9-10)15(13-2-1-7-21-13)19-5-3-18-4-6-19;;/h1-2,7-9,15,18,20H,3-6H2;2*1H/t15-;;/m0../s1. The number of phenols is 1. The number of nitrogens with zero attached hydrogens (tertiary/aromatic N) is 1. The van der Waals surface area contributed by atoms with E-state index < -0.39 is 0 Å². The molecule has 1 aliphatic heterocycles. The molecule has 1 saturated heterocycles. The number of piperazine rings is 1. The molecular weight excluding hydrogens is 487 g/mol. The summed E-state index contributed by atoms with van der Waals surface area (Å²) in [4.78, 5) is 3.69. The van der Waals surface area contributed by atoms with Crippen LogP contribution < -0.4 is 5.32 Å². The third kappa shape index (κ3) is 4.84. The first-order chi connectivity index (χ1) is 10.2. The summed E-state index contributed by atoms with van der Waals surface area (Å²) in [7, 11) is 0. The van der Waals surface area contributed by atoms with E-state index in [1.807, 2.05) is 6.07 Å². The average Bonchev–Trinajstić information content (AvgIpc) is 2.97. The SMILES string of the molecule is Cl.Cl.Oc1cc(Br)cc(Br)c1[C@H](c1cccs1)N1CCNCC1. The highest BCUT2D eigenvalue weighted by molar-refractivity contribution is 9.11. The van der Waals surface area contributed by atoms with Crippen LogP contribution >= 0.6 is 68.0 Å². The number of halogens is 4. The Morgan fingerprint density at radius 3 is 2.43 bits per heavy atom. The van der Waals surface area contributed by atoms with Crippen molar-refractivity contribution in [1.29, 1.82) is 0 Å². The van der Waals surface area contributed by atoms with E-state index in [1.54, 1.807) is 17.4 Å². The normalized spacial score (nSPS) is 16.3. The zero-order valence-corrected chi connectivity index (χ0v) is 17.8. The molecule has 0 bridgehead atoms. The van der Waals surface area contributed by atoms with Crippen molar-refractivity contribution >= 4 is 68.0 Å². The van der Waals surface area contributed by atoms with Crippen LogP contribution in [0.15, 0.2) is 38.6 Å². The van der Waals surface area contributed by atoms with Gasteiger partial charge in [0.15, 0.2) is 0 Å². The van der Waals surface area contributed by atoms with Gasteiger partial charge in [0.1, 0.15) is 5.75 Å². The molecule has 0 saturated carbocycles. The molecule has 1 atom stereocenters. The molecule has 3 nitrogen and oxygen atoms in total. The number of aromatic hydroxyl groups is 1. The summed E-state index contributed by atoms with van der Waals surface area (Å²) in [5, 5.41) is 16.0. The lowest BCUT2D eigenvalue weighted by atomic mass is 10.0. The molecule has 2 heterocycles. The minimum absolute atomic E-state index is 0. The molecule has 0 spiro atoms. The molecule has 1 aromatic heterocycles. The van der Waals surface area contributed by atoms with Crippen molar-refractivity contribution in [3.05, 3.63) is 49.0 Å². The second-order valence-electron chi connectivity index (χ2n) is 5.02. The molecule has 1 fully saturated rings. The van der Waals surface area contributed by atoms with Gasteiger partial charge in [-0.1, -0.05) is 37.9 Å². The number of nitrogens with one attached hydrogen (secondary N) is 1. The van der Waals surface area contributed by atoms with Gasteiger partial charge in [-0.05, 0) is 23.6 Å². The molecule has 2 N–H and O–H groups in total. The molecule has 8 heteroatoms. The fraction of sp³-hybridized carbons (Fsp3) is 0.333. The Labute approximate surface area is 169 Å². The van der Waals surface area contributed by atoms with Crippen LogP contribution in [-0.4, -0.2) is 36.2 Å². The van der Waals surface area contributed by atoms with Crippen LogP contribution in [0.4, 0.5) is 0 Å². The van der Waals surface area contributed by atoms with Gasteiger partial charge in [0.2, 0.25) is 0 Å². The van der Waals surface area contributed by atoms with Gasteiger partial charge in [0, 0.05) is 45.6 Å². The van der Waals surface area contributed by atoms with Crippen LogP contribution in [0.3, 0.4) is 0 Å². The lowest BCUT2D eigenvalue weighted by Gasteiger charge is -2.35. The lowest BCUT2D eigenvalue weighted by molar-refractivity contribution is 0.197. The first-order valence-electron chi connectivity index (χ1n) is 6.83. The number of benzene rings is 1. The summed E-state index contributed by atoms with van der Waals surface area (Å²) < 4.78 is 1.81. The minimum Gasteiger partial charge on any atom is -0.508 e. The number of phenolic OH excluding ortho intramolecular Hbond substituents is 1. The van der Waals surface area contributed by atoms with Crippen LogP contribution in [0.2, 0.25) is 0 Å². The van der Waals surface area contributed by atoms with Gasteiger partial charge in [-0.25, -0.2) is 0 Å². The van der Waals surface area contributed by atoms with Crippen molar-refractivity contribution in [1.82, 2.24) is 10.2 Å². The van der Waals surface area contributed by atoms with Gasteiger partial charge in [0.25, 0.3) is 0 Å². The Kier molecular flexibility index (Phi) is 8.87. The molecule has 0 unspecified atom stereocenters. The number of hydrogen-bond donors (Lipinski definition) is 2. The van der Waals surface area contributed by atoms with Gasteiger partial charge in [-0.2, -0.15) is 0 Å². The molecule has 2 aromatic rings. The Balaban J connectivity index is 0.00000132. The van der Waals surface area contributed by atoms with E-state index in [4.69, 9.17) is 0 Å². The summed E-state index contributed by atoms with van der Waals surface area (Å²) in [6.45, 7) is 3.92. The molecule has 1 aliphatic rings. The zero-order chi connectivity index (χ0) is 14.8. The first-order valence-corrected chi connectivity index (χ1v) is 9.29. The van der Waals surface area contributed by atoms with Crippen molar-refractivity contribution in [3.8, 4) is 5.75 Å². The van der Waals surface area contributed by atoms with E-state index in [2.05, 4.69) is 59.6 Å². The van der Waals surface area contributed by atoms with Gasteiger partial charge in [0.05, 0.1) is 6.04 Å². The molecule has 0 amide bonds. The molecule has 23 heavy (non-hydrogen) atoms. The first kappa shape index (κ1) is 21.2. The molecule has 0 radical (unpaired) electrons. The Bertz CT molecular complexity index is 599. The fourth-order valence-electron chi connectivity index (χ4n) is 2.73. The third-order valence-electron chi connectivity index (χ3n) is 3.68. The van der Waals surface area contributed by atoms with E-state index in [9.17, 15) is 5.11 Å². The van der Waals surface area contributed by atoms with Gasteiger partial charge < -0.3 is 10.4 Å². The summed E-state index contributed by atoms with van der Waals surface area (Å²) in [6, 6.07) is 8.07. The Morgan fingerprint density at radius 1 is 1.17 bits per heavy atom. The summed E-state index contributed by atoms with van der Waals surface area (Å²) in [5.74, 6) is 0.327.